The van der Waals surface area contributed by atoms with Gasteiger partial charge < -0.3 is 16.2 Å². The highest BCUT2D eigenvalue weighted by Gasteiger charge is 2.32. The topological polar surface area (TPSA) is 75.4 Å². The molecule has 108 valence electrons. The van der Waals surface area contributed by atoms with Crippen LogP contribution in [0.4, 0.5) is 5.69 Å². The molecule has 0 radical (unpaired) electrons. The number of rotatable bonds is 2. The van der Waals surface area contributed by atoms with Crippen molar-refractivity contribution in [3.05, 3.63) is 64.2 Å². The summed E-state index contributed by atoms with van der Waals surface area (Å²) in [6.07, 6.45) is -0.0699. The van der Waals surface area contributed by atoms with Gasteiger partial charge in [0.2, 0.25) is 0 Å². The summed E-state index contributed by atoms with van der Waals surface area (Å²) in [5.74, 6) is -0.280. The largest absolute Gasteiger partial charge is 0.398 e. The van der Waals surface area contributed by atoms with Crippen LogP contribution >= 0.6 is 11.6 Å². The molecule has 0 saturated heterocycles. The van der Waals surface area contributed by atoms with Crippen molar-refractivity contribution in [1.29, 1.82) is 0 Å². The molecule has 4 N–H and O–H groups in total. The number of fused-ring (bicyclic) bond motifs is 1. The van der Waals surface area contributed by atoms with Crippen molar-refractivity contribution < 1.29 is 9.90 Å². The van der Waals surface area contributed by atoms with E-state index in [9.17, 15) is 9.90 Å². The average Bonchev–Trinajstić information content (AvgIpc) is 2.78. The summed E-state index contributed by atoms with van der Waals surface area (Å²) in [5, 5.41) is 13.3. The van der Waals surface area contributed by atoms with Crippen molar-refractivity contribution in [2.75, 3.05) is 5.73 Å². The number of hydrogen-bond donors (Lipinski definition) is 3. The summed E-state index contributed by atoms with van der Waals surface area (Å²) in [5.41, 5.74) is 8.51. The summed E-state index contributed by atoms with van der Waals surface area (Å²) < 4.78 is 0. The molecular weight excluding hydrogens is 288 g/mol. The van der Waals surface area contributed by atoms with Gasteiger partial charge in [0.25, 0.3) is 5.91 Å². The lowest BCUT2D eigenvalue weighted by Crippen LogP contribution is -2.33. The normalized spacial score (nSPS) is 20.1. The van der Waals surface area contributed by atoms with Crippen molar-refractivity contribution in [2.45, 2.75) is 18.6 Å². The third kappa shape index (κ3) is 2.60. The molecule has 5 heteroatoms. The van der Waals surface area contributed by atoms with E-state index in [4.69, 9.17) is 17.3 Å². The number of anilines is 1. The minimum Gasteiger partial charge on any atom is -0.398 e. The molecular formula is C16H15ClN2O2. The molecule has 0 aromatic heterocycles. The van der Waals surface area contributed by atoms with Gasteiger partial charge in [-0.2, -0.15) is 0 Å². The van der Waals surface area contributed by atoms with Gasteiger partial charge >= 0.3 is 0 Å². The standard InChI is InChI=1S/C16H15ClN2O2/c17-12-7-10(5-6-13(12)18)16(21)19-15-11-4-2-1-3-9(11)8-14(15)20/h1-7,14-15,20H,8,18H2,(H,19,21)/t14-,15+/m1/s1. The molecule has 1 aliphatic carbocycles. The summed E-state index contributed by atoms with van der Waals surface area (Å²) in [4.78, 5) is 12.3. The molecule has 0 aliphatic heterocycles. The van der Waals surface area contributed by atoms with E-state index in [1.165, 1.54) is 6.07 Å². The van der Waals surface area contributed by atoms with Crippen molar-refractivity contribution in [1.82, 2.24) is 5.32 Å². The first-order valence-corrected chi connectivity index (χ1v) is 7.06. The molecule has 2 aromatic rings. The maximum atomic E-state index is 12.3. The van der Waals surface area contributed by atoms with Gasteiger partial charge in [0, 0.05) is 12.0 Å². The summed E-state index contributed by atoms with van der Waals surface area (Å²) in [6, 6.07) is 12.0. The van der Waals surface area contributed by atoms with Crippen LogP contribution in [0.2, 0.25) is 5.02 Å². The minimum absolute atomic E-state index is 0.280. The van der Waals surface area contributed by atoms with E-state index in [1.54, 1.807) is 12.1 Å². The van der Waals surface area contributed by atoms with Crippen LogP contribution in [-0.2, 0) is 6.42 Å². The van der Waals surface area contributed by atoms with Gasteiger partial charge in [0.1, 0.15) is 0 Å². The summed E-state index contributed by atoms with van der Waals surface area (Å²) in [7, 11) is 0. The number of nitrogen functional groups attached to an aromatic ring is 1. The minimum atomic E-state index is -0.615. The fourth-order valence-electron chi connectivity index (χ4n) is 2.64. The van der Waals surface area contributed by atoms with Crippen LogP contribution in [0, 0.1) is 0 Å². The lowest BCUT2D eigenvalue weighted by molar-refractivity contribution is 0.0858. The maximum absolute atomic E-state index is 12.3. The Morgan fingerprint density at radius 3 is 2.81 bits per heavy atom. The van der Waals surface area contributed by atoms with Crippen LogP contribution in [0.1, 0.15) is 27.5 Å². The lowest BCUT2D eigenvalue weighted by atomic mass is 10.1. The fourth-order valence-corrected chi connectivity index (χ4v) is 2.82. The molecule has 2 atom stereocenters. The number of nitrogens with two attached hydrogens (primary N) is 1. The number of halogens is 1. The molecule has 0 heterocycles. The molecule has 4 nitrogen and oxygen atoms in total. The Morgan fingerprint density at radius 2 is 2.05 bits per heavy atom. The Balaban J connectivity index is 1.83. The predicted octanol–water partition coefficient (Wildman–Crippen LogP) is 2.31. The molecule has 1 amide bonds. The van der Waals surface area contributed by atoms with E-state index < -0.39 is 12.1 Å². The van der Waals surface area contributed by atoms with Gasteiger partial charge in [-0.15, -0.1) is 0 Å². The number of amides is 1. The van der Waals surface area contributed by atoms with Crippen molar-refractivity contribution in [3.63, 3.8) is 0 Å². The predicted molar refractivity (Wildman–Crippen MR) is 82.2 cm³/mol. The second kappa shape index (κ2) is 5.39. The Morgan fingerprint density at radius 1 is 1.29 bits per heavy atom. The van der Waals surface area contributed by atoms with Crippen LogP contribution < -0.4 is 11.1 Å². The van der Waals surface area contributed by atoms with Crippen molar-refractivity contribution in [3.8, 4) is 0 Å². The van der Waals surface area contributed by atoms with E-state index >= 15 is 0 Å². The van der Waals surface area contributed by atoms with Crippen LogP contribution in [0.25, 0.3) is 0 Å². The zero-order valence-electron chi connectivity index (χ0n) is 11.2. The van der Waals surface area contributed by atoms with Crippen molar-refractivity contribution >= 4 is 23.2 Å². The van der Waals surface area contributed by atoms with E-state index in [2.05, 4.69) is 5.32 Å². The van der Waals surface area contributed by atoms with E-state index in [1.807, 2.05) is 24.3 Å². The SMILES string of the molecule is Nc1ccc(C(=O)N[C@H]2c3ccccc3C[C@H]2O)cc1Cl. The Hall–Kier alpha value is -2.04. The average molecular weight is 303 g/mol. The first kappa shape index (κ1) is 13.9. The van der Waals surface area contributed by atoms with Gasteiger partial charge in [-0.1, -0.05) is 35.9 Å². The second-order valence-electron chi connectivity index (χ2n) is 5.16. The smallest absolute Gasteiger partial charge is 0.251 e. The Bertz CT molecular complexity index is 702. The number of aliphatic hydroxyl groups is 1. The molecule has 1 aliphatic rings. The third-order valence-electron chi connectivity index (χ3n) is 3.75. The van der Waals surface area contributed by atoms with Gasteiger partial charge in [-0.25, -0.2) is 0 Å². The number of aliphatic hydroxyl groups excluding tert-OH is 1. The molecule has 3 rings (SSSR count). The highest BCUT2D eigenvalue weighted by atomic mass is 35.5. The van der Waals surface area contributed by atoms with Gasteiger partial charge in [-0.05, 0) is 29.3 Å². The first-order valence-electron chi connectivity index (χ1n) is 6.68. The third-order valence-corrected chi connectivity index (χ3v) is 4.08. The Labute approximate surface area is 127 Å². The van der Waals surface area contributed by atoms with E-state index in [0.717, 1.165) is 11.1 Å². The molecule has 0 fully saturated rings. The Kier molecular flexibility index (Phi) is 3.57. The molecule has 0 bridgehead atoms. The first-order chi connectivity index (χ1) is 10.1. The van der Waals surface area contributed by atoms with Gasteiger partial charge in [0.05, 0.1) is 22.9 Å². The highest BCUT2D eigenvalue weighted by molar-refractivity contribution is 6.33. The zero-order valence-corrected chi connectivity index (χ0v) is 12.0. The molecule has 0 spiro atoms. The van der Waals surface area contributed by atoms with Crippen LogP contribution in [0.15, 0.2) is 42.5 Å². The van der Waals surface area contributed by atoms with Crippen LogP contribution in [0.5, 0.6) is 0 Å². The molecule has 2 aromatic carbocycles. The van der Waals surface area contributed by atoms with Crippen molar-refractivity contribution in [2.24, 2.45) is 0 Å². The second-order valence-corrected chi connectivity index (χ2v) is 5.56. The van der Waals surface area contributed by atoms with Gasteiger partial charge in [0.15, 0.2) is 0 Å². The number of carbonyl (C=O) groups is 1. The van der Waals surface area contributed by atoms with E-state index in [0.29, 0.717) is 22.7 Å². The molecule has 0 saturated carbocycles. The van der Waals surface area contributed by atoms with Gasteiger partial charge in [-0.3, -0.25) is 4.79 Å². The highest BCUT2D eigenvalue weighted by Crippen LogP contribution is 2.31. The number of benzene rings is 2. The number of hydrogen-bond acceptors (Lipinski definition) is 3. The fraction of sp³-hybridized carbons (Fsp3) is 0.188. The maximum Gasteiger partial charge on any atom is 0.251 e. The lowest BCUT2D eigenvalue weighted by Gasteiger charge is -2.18. The van der Waals surface area contributed by atoms with Crippen LogP contribution in [-0.4, -0.2) is 17.1 Å². The molecule has 0 unspecified atom stereocenters. The zero-order chi connectivity index (χ0) is 15.0. The molecule has 21 heavy (non-hydrogen) atoms. The number of nitrogens with one attached hydrogen (secondary N) is 1. The quantitative estimate of drug-likeness (QED) is 0.745. The number of carbonyl (C=O) groups excluding carboxylic acids is 1. The monoisotopic (exact) mass is 302 g/mol. The summed E-state index contributed by atoms with van der Waals surface area (Å²) >= 11 is 5.93. The van der Waals surface area contributed by atoms with Crippen LogP contribution in [0.3, 0.4) is 0 Å². The van der Waals surface area contributed by atoms with E-state index in [-0.39, 0.29) is 5.91 Å². The summed E-state index contributed by atoms with van der Waals surface area (Å²) in [6.45, 7) is 0.